The predicted molar refractivity (Wildman–Crippen MR) is 135 cm³/mol. The van der Waals surface area contributed by atoms with Crippen LogP contribution in [-0.4, -0.2) is 47.9 Å². The van der Waals surface area contributed by atoms with Gasteiger partial charge in [-0.25, -0.2) is 0 Å². The number of hydrogen-bond donors (Lipinski definition) is 1. The maximum atomic E-state index is 13.8. The van der Waals surface area contributed by atoms with E-state index < -0.39 is 11.6 Å². The van der Waals surface area contributed by atoms with Gasteiger partial charge >= 0.3 is 0 Å². The van der Waals surface area contributed by atoms with E-state index in [1.165, 1.54) is 5.56 Å². The van der Waals surface area contributed by atoms with Crippen molar-refractivity contribution in [2.45, 2.75) is 37.3 Å². The average Bonchev–Trinajstić information content (AvgIpc) is 2.89. The van der Waals surface area contributed by atoms with Gasteiger partial charge in [0.05, 0.1) is 0 Å². The molecule has 2 saturated heterocycles. The Kier molecular flexibility index (Phi) is 6.35. The summed E-state index contributed by atoms with van der Waals surface area (Å²) in [6.07, 6.45) is 2.51. The first-order chi connectivity index (χ1) is 16.7. The molecule has 1 N–H and O–H groups in total. The minimum atomic E-state index is -0.787. The van der Waals surface area contributed by atoms with Gasteiger partial charge in [0, 0.05) is 31.7 Å². The van der Waals surface area contributed by atoms with Crippen LogP contribution in [0, 0.1) is 0 Å². The third kappa shape index (κ3) is 4.43. The van der Waals surface area contributed by atoms with Crippen LogP contribution in [0.5, 0.6) is 0 Å². The SMILES string of the molecule is O=C1C(Cc2ccccc2)NC(=O)C2(CCN(c3ccccc3)CC2)N1CCc1ccccc1. The van der Waals surface area contributed by atoms with Gasteiger partial charge in [0.25, 0.3) is 0 Å². The van der Waals surface area contributed by atoms with E-state index in [-0.39, 0.29) is 11.8 Å². The third-order valence-corrected chi connectivity index (χ3v) is 7.27. The Balaban J connectivity index is 1.38. The number of nitrogens with one attached hydrogen (secondary N) is 1. The number of carbonyl (C=O) groups excluding carboxylic acids is 2. The molecular weight excluding hydrogens is 422 g/mol. The minimum Gasteiger partial charge on any atom is -0.371 e. The number of piperidine rings is 1. The van der Waals surface area contributed by atoms with Crippen molar-refractivity contribution < 1.29 is 9.59 Å². The first-order valence-corrected chi connectivity index (χ1v) is 12.2. The standard InChI is InChI=1S/C29H31N3O2/c33-27-26(22-24-12-6-2-7-13-24)30-28(34)29(32(27)19-16-23-10-4-1-5-11-23)17-20-31(21-18-29)25-14-8-3-9-15-25/h1-15,26H,16-22H2,(H,30,34). The van der Waals surface area contributed by atoms with Gasteiger partial charge in [0.2, 0.25) is 11.8 Å². The van der Waals surface area contributed by atoms with Crippen LogP contribution < -0.4 is 10.2 Å². The molecule has 3 aromatic rings. The lowest BCUT2D eigenvalue weighted by Crippen LogP contribution is -2.73. The van der Waals surface area contributed by atoms with Crippen molar-refractivity contribution in [3.63, 3.8) is 0 Å². The maximum Gasteiger partial charge on any atom is 0.246 e. The van der Waals surface area contributed by atoms with Crippen LogP contribution in [0.3, 0.4) is 0 Å². The Labute approximate surface area is 201 Å². The van der Waals surface area contributed by atoms with Gasteiger partial charge in [-0.05, 0) is 42.5 Å². The quantitative estimate of drug-likeness (QED) is 0.617. The highest BCUT2D eigenvalue weighted by atomic mass is 16.2. The van der Waals surface area contributed by atoms with Crippen LogP contribution >= 0.6 is 0 Å². The molecule has 174 valence electrons. The van der Waals surface area contributed by atoms with Gasteiger partial charge < -0.3 is 15.1 Å². The van der Waals surface area contributed by atoms with Gasteiger partial charge in [-0.1, -0.05) is 78.9 Å². The second-order valence-corrected chi connectivity index (χ2v) is 9.30. The molecule has 34 heavy (non-hydrogen) atoms. The van der Waals surface area contributed by atoms with Crippen molar-refractivity contribution in [2.75, 3.05) is 24.5 Å². The average molecular weight is 454 g/mol. The molecule has 5 rings (SSSR count). The van der Waals surface area contributed by atoms with E-state index in [4.69, 9.17) is 0 Å². The monoisotopic (exact) mass is 453 g/mol. The summed E-state index contributed by atoms with van der Waals surface area (Å²) in [5, 5.41) is 3.11. The van der Waals surface area contributed by atoms with Crippen LogP contribution in [0.25, 0.3) is 0 Å². The molecule has 0 radical (unpaired) electrons. The van der Waals surface area contributed by atoms with E-state index in [2.05, 4.69) is 34.5 Å². The molecule has 0 bridgehead atoms. The summed E-state index contributed by atoms with van der Waals surface area (Å²) in [7, 11) is 0. The highest BCUT2D eigenvalue weighted by Crippen LogP contribution is 2.35. The van der Waals surface area contributed by atoms with E-state index in [0.29, 0.717) is 25.8 Å². The van der Waals surface area contributed by atoms with E-state index in [0.717, 1.165) is 30.8 Å². The predicted octanol–water partition coefficient (Wildman–Crippen LogP) is 3.84. The molecular formula is C29H31N3O2. The molecule has 3 aromatic carbocycles. The van der Waals surface area contributed by atoms with Crippen LogP contribution in [0.15, 0.2) is 91.0 Å². The summed E-state index contributed by atoms with van der Waals surface area (Å²) in [6, 6.07) is 29.9. The Bertz CT molecular complexity index is 1110. The number of para-hydroxylation sites is 1. The van der Waals surface area contributed by atoms with Gasteiger partial charge in [-0.3, -0.25) is 9.59 Å². The maximum absolute atomic E-state index is 13.8. The number of rotatable bonds is 6. The largest absolute Gasteiger partial charge is 0.371 e. The molecule has 2 heterocycles. The van der Waals surface area contributed by atoms with E-state index in [1.54, 1.807) is 0 Å². The number of anilines is 1. The second kappa shape index (κ2) is 9.72. The highest BCUT2D eigenvalue weighted by Gasteiger charge is 2.53. The van der Waals surface area contributed by atoms with Gasteiger partial charge in [0.15, 0.2) is 0 Å². The van der Waals surface area contributed by atoms with Gasteiger partial charge in [0.1, 0.15) is 11.6 Å². The van der Waals surface area contributed by atoms with E-state index in [9.17, 15) is 9.59 Å². The van der Waals surface area contributed by atoms with Crippen LogP contribution in [0.2, 0.25) is 0 Å². The zero-order valence-electron chi connectivity index (χ0n) is 19.4. The first kappa shape index (κ1) is 22.2. The number of carbonyl (C=O) groups is 2. The molecule has 0 aliphatic carbocycles. The molecule has 2 aliphatic rings. The number of amides is 2. The van der Waals surface area contributed by atoms with Gasteiger partial charge in [-0.15, -0.1) is 0 Å². The smallest absolute Gasteiger partial charge is 0.246 e. The fraction of sp³-hybridized carbons (Fsp3) is 0.310. The topological polar surface area (TPSA) is 52.7 Å². The summed E-state index contributed by atoms with van der Waals surface area (Å²) in [4.78, 5) is 31.7. The molecule has 2 aliphatic heterocycles. The van der Waals surface area contributed by atoms with Crippen molar-refractivity contribution in [3.05, 3.63) is 102 Å². The zero-order chi connectivity index (χ0) is 23.4. The molecule has 0 saturated carbocycles. The number of piperazine rings is 1. The molecule has 5 heteroatoms. The lowest BCUT2D eigenvalue weighted by molar-refractivity contribution is -0.159. The highest BCUT2D eigenvalue weighted by molar-refractivity contribution is 6.00. The zero-order valence-corrected chi connectivity index (χ0v) is 19.4. The molecule has 2 amide bonds. The summed E-state index contributed by atoms with van der Waals surface area (Å²) in [5.41, 5.74) is 2.61. The molecule has 1 atom stereocenters. The first-order valence-electron chi connectivity index (χ1n) is 12.2. The van der Waals surface area contributed by atoms with Crippen molar-refractivity contribution >= 4 is 17.5 Å². The van der Waals surface area contributed by atoms with Crippen LogP contribution in [0.1, 0.15) is 24.0 Å². The molecule has 1 unspecified atom stereocenters. The number of benzene rings is 3. The number of hydrogen-bond acceptors (Lipinski definition) is 3. The Morgan fingerprint density at radius 3 is 1.94 bits per heavy atom. The molecule has 5 nitrogen and oxygen atoms in total. The Hall–Kier alpha value is -3.60. The van der Waals surface area contributed by atoms with E-state index in [1.807, 2.05) is 71.6 Å². The summed E-state index contributed by atoms with van der Waals surface area (Å²) < 4.78 is 0. The summed E-state index contributed by atoms with van der Waals surface area (Å²) in [5.74, 6) is 0.0290. The normalized spacial score (nSPS) is 19.8. The summed E-state index contributed by atoms with van der Waals surface area (Å²) >= 11 is 0. The van der Waals surface area contributed by atoms with Gasteiger partial charge in [-0.2, -0.15) is 0 Å². The van der Waals surface area contributed by atoms with E-state index >= 15 is 0 Å². The number of nitrogens with zero attached hydrogens (tertiary/aromatic N) is 2. The minimum absolute atomic E-state index is 0.00574. The van der Waals surface area contributed by atoms with Crippen molar-refractivity contribution in [1.29, 1.82) is 0 Å². The van der Waals surface area contributed by atoms with Crippen LogP contribution in [-0.2, 0) is 22.4 Å². The van der Waals surface area contributed by atoms with Crippen molar-refractivity contribution in [2.24, 2.45) is 0 Å². The third-order valence-electron chi connectivity index (χ3n) is 7.27. The second-order valence-electron chi connectivity index (χ2n) is 9.30. The van der Waals surface area contributed by atoms with Crippen molar-refractivity contribution in [1.82, 2.24) is 10.2 Å². The summed E-state index contributed by atoms with van der Waals surface area (Å²) in [6.45, 7) is 2.04. The fourth-order valence-electron chi connectivity index (χ4n) is 5.34. The molecule has 1 spiro atoms. The molecule has 0 aromatic heterocycles. The Morgan fingerprint density at radius 2 is 1.32 bits per heavy atom. The van der Waals surface area contributed by atoms with Crippen molar-refractivity contribution in [3.8, 4) is 0 Å². The molecule has 2 fully saturated rings. The lowest BCUT2D eigenvalue weighted by atomic mass is 9.80. The van der Waals surface area contributed by atoms with Crippen LogP contribution in [0.4, 0.5) is 5.69 Å². The fourth-order valence-corrected chi connectivity index (χ4v) is 5.34. The Morgan fingerprint density at radius 1 is 0.765 bits per heavy atom. The lowest BCUT2D eigenvalue weighted by Gasteiger charge is -2.52.